The monoisotopic (exact) mass is 330 g/mol. The normalized spacial score (nSPS) is 11.7. The third-order valence-electron chi connectivity index (χ3n) is 2.40. The summed E-state index contributed by atoms with van der Waals surface area (Å²) in [5, 5.41) is 5.20. The lowest BCUT2D eigenvalue weighted by molar-refractivity contribution is -0.120. The lowest BCUT2D eigenvalue weighted by Gasteiger charge is -2.09. The molecule has 0 aliphatic carbocycles. The number of nitrogens with one attached hydrogen (secondary N) is 2. The summed E-state index contributed by atoms with van der Waals surface area (Å²) in [6.45, 7) is 2.14. The van der Waals surface area contributed by atoms with E-state index in [0.717, 1.165) is 0 Å². The zero-order valence-electron chi connectivity index (χ0n) is 10.6. The Morgan fingerprint density at radius 2 is 2.16 bits per heavy atom. The van der Waals surface area contributed by atoms with Gasteiger partial charge < -0.3 is 10.6 Å². The molecule has 0 saturated carbocycles. The number of carbonyl (C=O) groups is 2. The fourth-order valence-electron chi connectivity index (χ4n) is 1.39. The first-order chi connectivity index (χ1) is 9.02. The Balaban J connectivity index is 2.31. The average Bonchev–Trinajstić information content (AvgIpc) is 2.37. The molecule has 1 atom stereocenters. The number of hydrogen-bond donors (Lipinski definition) is 2. The first-order valence-corrected chi connectivity index (χ1v) is 6.91. The molecule has 1 aromatic rings. The van der Waals surface area contributed by atoms with E-state index < -0.39 is 5.82 Å². The molecular formula is C13H16BrFN2O2. The fraction of sp³-hybridized carbons (Fsp3) is 0.385. The van der Waals surface area contributed by atoms with Crippen LogP contribution >= 0.6 is 15.9 Å². The Bertz CT molecular complexity index is 454. The van der Waals surface area contributed by atoms with Crippen molar-refractivity contribution in [3.8, 4) is 0 Å². The quantitative estimate of drug-likeness (QED) is 0.787. The lowest BCUT2D eigenvalue weighted by atomic mass is 10.3. The number of amides is 2. The number of halogens is 2. The van der Waals surface area contributed by atoms with Gasteiger partial charge in [0.25, 0.3) is 0 Å². The molecule has 0 heterocycles. The standard InChI is InChI=1S/C13H16BrFN2O2/c1-2-11(14)13(19)16-7-6-12(18)17-10-5-3-4-9(15)8-10/h3-5,8,11H,2,6-7H2,1H3,(H,16,19)(H,17,18)/t11-/m0/s1. The summed E-state index contributed by atoms with van der Waals surface area (Å²) in [6.07, 6.45) is 0.826. The van der Waals surface area contributed by atoms with Gasteiger partial charge in [0.1, 0.15) is 5.82 Å². The highest BCUT2D eigenvalue weighted by molar-refractivity contribution is 9.10. The van der Waals surface area contributed by atoms with Crippen LogP contribution in [0, 0.1) is 5.82 Å². The number of alkyl halides is 1. The van der Waals surface area contributed by atoms with Crippen LogP contribution in [0.5, 0.6) is 0 Å². The number of hydrogen-bond acceptors (Lipinski definition) is 2. The third kappa shape index (κ3) is 5.83. The summed E-state index contributed by atoms with van der Waals surface area (Å²) in [7, 11) is 0. The van der Waals surface area contributed by atoms with Crippen molar-refractivity contribution in [1.82, 2.24) is 5.32 Å². The van der Waals surface area contributed by atoms with Crippen LogP contribution in [0.25, 0.3) is 0 Å². The summed E-state index contributed by atoms with van der Waals surface area (Å²) < 4.78 is 12.9. The lowest BCUT2D eigenvalue weighted by Crippen LogP contribution is -2.33. The third-order valence-corrected chi connectivity index (χ3v) is 3.47. The van der Waals surface area contributed by atoms with Crippen LogP contribution in [-0.4, -0.2) is 23.2 Å². The first-order valence-electron chi connectivity index (χ1n) is 6.00. The molecule has 19 heavy (non-hydrogen) atoms. The maximum Gasteiger partial charge on any atom is 0.233 e. The zero-order valence-corrected chi connectivity index (χ0v) is 12.2. The van der Waals surface area contributed by atoms with Gasteiger partial charge in [-0.2, -0.15) is 0 Å². The van der Waals surface area contributed by atoms with Crippen molar-refractivity contribution in [3.05, 3.63) is 30.1 Å². The Morgan fingerprint density at radius 3 is 2.79 bits per heavy atom. The minimum Gasteiger partial charge on any atom is -0.355 e. The molecule has 0 unspecified atom stereocenters. The van der Waals surface area contributed by atoms with Gasteiger partial charge in [-0.3, -0.25) is 9.59 Å². The predicted octanol–water partition coefficient (Wildman–Crippen LogP) is 2.44. The average molecular weight is 331 g/mol. The highest BCUT2D eigenvalue weighted by Gasteiger charge is 2.12. The molecule has 6 heteroatoms. The van der Waals surface area contributed by atoms with Crippen LogP contribution in [-0.2, 0) is 9.59 Å². The molecule has 0 aromatic heterocycles. The maximum atomic E-state index is 12.9. The van der Waals surface area contributed by atoms with Gasteiger partial charge in [0.05, 0.1) is 4.83 Å². The molecule has 1 rings (SSSR count). The summed E-state index contributed by atoms with van der Waals surface area (Å²) in [5.74, 6) is -0.814. The molecule has 0 bridgehead atoms. The molecule has 0 saturated heterocycles. The van der Waals surface area contributed by atoms with Gasteiger partial charge in [0.15, 0.2) is 0 Å². The Morgan fingerprint density at radius 1 is 1.42 bits per heavy atom. The Labute approximate surface area is 119 Å². The maximum absolute atomic E-state index is 12.9. The fourth-order valence-corrected chi connectivity index (χ4v) is 1.55. The number of anilines is 1. The minimum absolute atomic E-state index is 0.138. The van der Waals surface area contributed by atoms with E-state index in [1.807, 2.05) is 6.92 Å². The van der Waals surface area contributed by atoms with E-state index in [2.05, 4.69) is 26.6 Å². The molecule has 0 aliphatic heterocycles. The van der Waals surface area contributed by atoms with Crippen LogP contribution in [0.4, 0.5) is 10.1 Å². The van der Waals surface area contributed by atoms with Gasteiger partial charge in [0.2, 0.25) is 11.8 Å². The molecule has 0 fully saturated rings. The van der Waals surface area contributed by atoms with Crippen molar-refractivity contribution in [1.29, 1.82) is 0 Å². The predicted molar refractivity (Wildman–Crippen MR) is 75.7 cm³/mol. The molecule has 2 N–H and O–H groups in total. The smallest absolute Gasteiger partial charge is 0.233 e. The van der Waals surface area contributed by atoms with E-state index >= 15 is 0 Å². The van der Waals surface area contributed by atoms with Crippen LogP contribution in [0.15, 0.2) is 24.3 Å². The van der Waals surface area contributed by atoms with E-state index in [1.165, 1.54) is 18.2 Å². The van der Waals surface area contributed by atoms with Gasteiger partial charge in [-0.25, -0.2) is 4.39 Å². The highest BCUT2D eigenvalue weighted by Crippen LogP contribution is 2.09. The molecule has 4 nitrogen and oxygen atoms in total. The van der Waals surface area contributed by atoms with Crippen LogP contribution in [0.2, 0.25) is 0 Å². The Kier molecular flexibility index (Phi) is 6.49. The van der Waals surface area contributed by atoms with E-state index in [4.69, 9.17) is 0 Å². The van der Waals surface area contributed by atoms with Gasteiger partial charge in [-0.1, -0.05) is 28.9 Å². The van der Waals surface area contributed by atoms with Crippen molar-refractivity contribution in [2.24, 2.45) is 0 Å². The van der Waals surface area contributed by atoms with Crippen molar-refractivity contribution in [2.45, 2.75) is 24.6 Å². The number of carbonyl (C=O) groups excluding carboxylic acids is 2. The number of benzene rings is 1. The van der Waals surface area contributed by atoms with Gasteiger partial charge in [-0.15, -0.1) is 0 Å². The van der Waals surface area contributed by atoms with E-state index in [9.17, 15) is 14.0 Å². The second kappa shape index (κ2) is 7.89. The van der Waals surface area contributed by atoms with Crippen molar-refractivity contribution in [2.75, 3.05) is 11.9 Å². The van der Waals surface area contributed by atoms with Crippen molar-refractivity contribution in [3.63, 3.8) is 0 Å². The van der Waals surface area contributed by atoms with Gasteiger partial charge >= 0.3 is 0 Å². The molecule has 0 spiro atoms. The van der Waals surface area contributed by atoms with Crippen LogP contribution in [0.1, 0.15) is 19.8 Å². The Hall–Kier alpha value is -1.43. The first kappa shape index (κ1) is 15.6. The summed E-state index contributed by atoms with van der Waals surface area (Å²) in [4.78, 5) is 22.7. The molecule has 2 amide bonds. The summed E-state index contributed by atoms with van der Waals surface area (Å²) in [5.41, 5.74) is 0.406. The highest BCUT2D eigenvalue weighted by atomic mass is 79.9. The molecular weight excluding hydrogens is 315 g/mol. The largest absolute Gasteiger partial charge is 0.355 e. The summed E-state index contributed by atoms with van der Waals surface area (Å²) >= 11 is 3.22. The second-order valence-corrected chi connectivity index (χ2v) is 5.08. The van der Waals surface area contributed by atoms with Gasteiger partial charge in [0, 0.05) is 18.7 Å². The summed E-state index contributed by atoms with van der Waals surface area (Å²) in [6, 6.07) is 5.66. The second-order valence-electron chi connectivity index (χ2n) is 3.98. The molecule has 1 aromatic carbocycles. The van der Waals surface area contributed by atoms with Crippen molar-refractivity contribution >= 4 is 33.4 Å². The van der Waals surface area contributed by atoms with Crippen LogP contribution < -0.4 is 10.6 Å². The van der Waals surface area contributed by atoms with Crippen molar-refractivity contribution < 1.29 is 14.0 Å². The topological polar surface area (TPSA) is 58.2 Å². The zero-order chi connectivity index (χ0) is 14.3. The molecule has 104 valence electrons. The minimum atomic E-state index is -0.406. The van der Waals surface area contributed by atoms with Crippen LogP contribution in [0.3, 0.4) is 0 Å². The molecule has 0 aliphatic rings. The van der Waals surface area contributed by atoms with E-state index in [1.54, 1.807) is 6.07 Å². The molecule has 0 radical (unpaired) electrons. The SMILES string of the molecule is CC[C@H](Br)C(=O)NCCC(=O)Nc1cccc(F)c1. The van der Waals surface area contributed by atoms with E-state index in [-0.39, 0.29) is 29.6 Å². The van der Waals surface area contributed by atoms with E-state index in [0.29, 0.717) is 12.1 Å². The number of rotatable bonds is 6. The van der Waals surface area contributed by atoms with Gasteiger partial charge in [-0.05, 0) is 24.6 Å².